The molecule has 0 aromatic heterocycles. The lowest BCUT2D eigenvalue weighted by molar-refractivity contribution is -0.147. The van der Waals surface area contributed by atoms with E-state index in [1.807, 2.05) is 30.4 Å². The molecule has 0 radical (unpaired) electrons. The zero-order valence-corrected chi connectivity index (χ0v) is 14.1. The van der Waals surface area contributed by atoms with Crippen molar-refractivity contribution in [3.8, 4) is 0 Å². The number of benzene rings is 1. The number of allylic oxidation sites excluding steroid dienone is 2. The molecule has 0 spiro atoms. The van der Waals surface area contributed by atoms with Gasteiger partial charge in [0, 0.05) is 11.6 Å². The minimum absolute atomic E-state index is 0.241. The van der Waals surface area contributed by atoms with Crippen molar-refractivity contribution in [1.82, 2.24) is 10.2 Å². The van der Waals surface area contributed by atoms with Crippen molar-refractivity contribution in [2.45, 2.75) is 32.4 Å². The van der Waals surface area contributed by atoms with Gasteiger partial charge < -0.3 is 5.32 Å². The monoisotopic (exact) mass is 346 g/mol. The Morgan fingerprint density at radius 2 is 1.79 bits per heavy atom. The molecule has 1 saturated heterocycles. The number of likely N-dealkylation sites (tertiary alicyclic amines) is 1. The molecule has 3 atom stereocenters. The lowest BCUT2D eigenvalue weighted by Gasteiger charge is -2.22. The molecule has 24 heavy (non-hydrogen) atoms. The number of nitrogens with zero attached hydrogens (tertiary/aromatic N) is 1. The first-order valence-corrected chi connectivity index (χ1v) is 8.41. The number of hydrogen-bond acceptors (Lipinski definition) is 3. The largest absolute Gasteiger partial charge is 0.350 e. The van der Waals surface area contributed by atoms with Crippen molar-refractivity contribution in [3.05, 3.63) is 47.0 Å². The lowest BCUT2D eigenvalue weighted by atomic mass is 9.85. The molecule has 1 aromatic carbocycles. The summed E-state index contributed by atoms with van der Waals surface area (Å²) in [6, 6.07) is 6.39. The molecule has 0 unspecified atom stereocenters. The molecule has 126 valence electrons. The molecule has 1 aliphatic carbocycles. The van der Waals surface area contributed by atoms with E-state index in [9.17, 15) is 14.4 Å². The van der Waals surface area contributed by atoms with Crippen molar-refractivity contribution < 1.29 is 14.4 Å². The Morgan fingerprint density at radius 3 is 2.38 bits per heavy atom. The number of rotatable bonds is 4. The second kappa shape index (κ2) is 6.77. The second-order valence-electron chi connectivity index (χ2n) is 6.19. The van der Waals surface area contributed by atoms with Crippen LogP contribution in [0.15, 0.2) is 36.4 Å². The number of carbonyl (C=O) groups excluding carboxylic acids is 3. The molecule has 1 heterocycles. The number of hydrogen-bond donors (Lipinski definition) is 1. The van der Waals surface area contributed by atoms with Gasteiger partial charge in [-0.25, -0.2) is 0 Å². The highest BCUT2D eigenvalue weighted by Gasteiger charge is 2.49. The third-order valence-electron chi connectivity index (χ3n) is 4.72. The minimum atomic E-state index is -0.821. The topological polar surface area (TPSA) is 66.5 Å². The van der Waals surface area contributed by atoms with Crippen LogP contribution in [-0.2, 0) is 20.9 Å². The number of nitrogens with one attached hydrogen (secondary N) is 1. The van der Waals surface area contributed by atoms with E-state index < -0.39 is 6.04 Å². The molecular formula is C18H19ClN2O3. The fourth-order valence-corrected chi connectivity index (χ4v) is 3.50. The summed E-state index contributed by atoms with van der Waals surface area (Å²) in [5.41, 5.74) is 0.789. The molecule has 0 saturated carbocycles. The second-order valence-corrected chi connectivity index (χ2v) is 6.59. The number of imide groups is 1. The third kappa shape index (κ3) is 2.96. The smallest absolute Gasteiger partial charge is 0.243 e. The van der Waals surface area contributed by atoms with Crippen molar-refractivity contribution in [1.29, 1.82) is 0 Å². The molecule has 3 amide bonds. The predicted molar refractivity (Wildman–Crippen MR) is 90.0 cm³/mol. The molecule has 2 aliphatic rings. The Morgan fingerprint density at radius 1 is 1.21 bits per heavy atom. The molecule has 1 fully saturated rings. The first kappa shape index (κ1) is 16.7. The van der Waals surface area contributed by atoms with Gasteiger partial charge in [-0.1, -0.05) is 42.0 Å². The molecule has 1 aliphatic heterocycles. The zero-order chi connectivity index (χ0) is 17.3. The van der Waals surface area contributed by atoms with Gasteiger partial charge in [-0.3, -0.25) is 19.3 Å². The molecular weight excluding hydrogens is 328 g/mol. The third-order valence-corrected chi connectivity index (χ3v) is 5.09. The van der Waals surface area contributed by atoms with E-state index in [1.54, 1.807) is 13.0 Å². The van der Waals surface area contributed by atoms with Gasteiger partial charge in [-0.2, -0.15) is 0 Å². The molecule has 6 heteroatoms. The molecule has 0 bridgehead atoms. The summed E-state index contributed by atoms with van der Waals surface area (Å²) in [5.74, 6) is -1.48. The van der Waals surface area contributed by atoms with E-state index in [4.69, 9.17) is 11.6 Å². The van der Waals surface area contributed by atoms with Gasteiger partial charge in [0.25, 0.3) is 0 Å². The highest BCUT2D eigenvalue weighted by Crippen LogP contribution is 2.36. The van der Waals surface area contributed by atoms with Gasteiger partial charge >= 0.3 is 0 Å². The zero-order valence-electron chi connectivity index (χ0n) is 13.4. The van der Waals surface area contributed by atoms with Gasteiger partial charge in [0.15, 0.2) is 0 Å². The summed E-state index contributed by atoms with van der Waals surface area (Å²) in [6.07, 6.45) is 5.00. The van der Waals surface area contributed by atoms with Crippen LogP contribution in [-0.4, -0.2) is 28.7 Å². The fraction of sp³-hybridized carbons (Fsp3) is 0.389. The quantitative estimate of drug-likeness (QED) is 0.672. The maximum Gasteiger partial charge on any atom is 0.243 e. The van der Waals surface area contributed by atoms with Crippen LogP contribution in [0.5, 0.6) is 0 Å². The summed E-state index contributed by atoms with van der Waals surface area (Å²) in [4.78, 5) is 38.5. The Labute approximate surface area is 145 Å². The van der Waals surface area contributed by atoms with Gasteiger partial charge in [-0.05, 0) is 31.4 Å². The van der Waals surface area contributed by atoms with E-state index in [1.165, 1.54) is 0 Å². The standard InChI is InChI=1S/C18H19ClN2O3/c1-11(16(22)20-10-12-6-2-5-9-15(12)19)21-17(23)13-7-3-4-8-14(13)18(21)24/h2-6,9,11,13-14H,7-8,10H2,1H3,(H,20,22)/t11-,13+,14+/m0/s1. The van der Waals surface area contributed by atoms with Crippen LogP contribution in [0.25, 0.3) is 0 Å². The lowest BCUT2D eigenvalue weighted by Crippen LogP contribution is -2.48. The van der Waals surface area contributed by atoms with Crippen LogP contribution in [0.2, 0.25) is 5.02 Å². The van der Waals surface area contributed by atoms with Crippen LogP contribution in [0, 0.1) is 11.8 Å². The average Bonchev–Trinajstić information content (AvgIpc) is 2.85. The molecule has 1 N–H and O–H groups in total. The van der Waals surface area contributed by atoms with Crippen LogP contribution in [0.4, 0.5) is 0 Å². The van der Waals surface area contributed by atoms with Gasteiger partial charge in [0.05, 0.1) is 11.8 Å². The van der Waals surface area contributed by atoms with Crippen molar-refractivity contribution >= 4 is 29.3 Å². The maximum atomic E-state index is 12.5. The Balaban J connectivity index is 1.66. The Bertz CT molecular complexity index is 690. The van der Waals surface area contributed by atoms with Crippen molar-refractivity contribution in [2.24, 2.45) is 11.8 Å². The fourth-order valence-electron chi connectivity index (χ4n) is 3.30. The summed E-state index contributed by atoms with van der Waals surface area (Å²) < 4.78 is 0. The van der Waals surface area contributed by atoms with Crippen LogP contribution in [0.3, 0.4) is 0 Å². The number of carbonyl (C=O) groups is 3. The van der Waals surface area contributed by atoms with Crippen molar-refractivity contribution in [2.75, 3.05) is 0 Å². The van der Waals surface area contributed by atoms with E-state index in [0.717, 1.165) is 10.5 Å². The summed E-state index contributed by atoms with van der Waals surface area (Å²) in [5, 5.41) is 3.32. The molecule has 1 aromatic rings. The maximum absolute atomic E-state index is 12.5. The SMILES string of the molecule is C[C@@H](C(=O)NCc1ccccc1Cl)N1C(=O)[C@@H]2CC=CC[C@H]2C1=O. The van der Waals surface area contributed by atoms with Crippen LogP contribution in [0.1, 0.15) is 25.3 Å². The highest BCUT2D eigenvalue weighted by atomic mass is 35.5. The first-order valence-electron chi connectivity index (χ1n) is 8.03. The van der Waals surface area contributed by atoms with Gasteiger partial charge in [0.2, 0.25) is 17.7 Å². The van der Waals surface area contributed by atoms with Gasteiger partial charge in [-0.15, -0.1) is 0 Å². The molecule has 3 rings (SSSR count). The van der Waals surface area contributed by atoms with E-state index in [-0.39, 0.29) is 36.1 Å². The minimum Gasteiger partial charge on any atom is -0.350 e. The first-order chi connectivity index (χ1) is 11.5. The molecule has 5 nitrogen and oxygen atoms in total. The van der Waals surface area contributed by atoms with Crippen molar-refractivity contribution in [3.63, 3.8) is 0 Å². The Hall–Kier alpha value is -2.14. The summed E-state index contributed by atoms with van der Waals surface area (Å²) in [6.45, 7) is 1.84. The predicted octanol–water partition coefficient (Wildman–Crippen LogP) is 2.30. The normalized spacial score (nSPS) is 24.0. The average molecular weight is 347 g/mol. The summed E-state index contributed by atoms with van der Waals surface area (Å²) >= 11 is 6.07. The number of fused-ring (bicyclic) bond motifs is 1. The number of amides is 3. The summed E-state index contributed by atoms with van der Waals surface area (Å²) in [7, 11) is 0. The van der Waals surface area contributed by atoms with Crippen LogP contribution < -0.4 is 5.32 Å². The van der Waals surface area contributed by atoms with Gasteiger partial charge in [0.1, 0.15) is 6.04 Å². The van der Waals surface area contributed by atoms with E-state index in [2.05, 4.69) is 5.32 Å². The van der Waals surface area contributed by atoms with Crippen LogP contribution >= 0.6 is 11.6 Å². The highest BCUT2D eigenvalue weighted by molar-refractivity contribution is 6.31. The van der Waals surface area contributed by atoms with E-state index >= 15 is 0 Å². The Kier molecular flexibility index (Phi) is 4.71. The van der Waals surface area contributed by atoms with E-state index in [0.29, 0.717) is 17.9 Å². The number of halogens is 1.